The van der Waals surface area contributed by atoms with Gasteiger partial charge in [0.2, 0.25) is 0 Å². The van der Waals surface area contributed by atoms with Crippen molar-refractivity contribution in [3.63, 3.8) is 0 Å². The van der Waals surface area contributed by atoms with Crippen molar-refractivity contribution in [2.24, 2.45) is 0 Å². The molecule has 0 aliphatic carbocycles. The van der Waals surface area contributed by atoms with Gasteiger partial charge in [0.15, 0.2) is 11.6 Å². The molecule has 0 saturated heterocycles. The molecule has 0 unspecified atom stereocenters. The molecule has 1 aromatic rings. The summed E-state index contributed by atoms with van der Waals surface area (Å²) < 4.78 is 27.2. The van der Waals surface area contributed by atoms with Crippen molar-refractivity contribution in [2.45, 2.75) is 64.7 Å². The Kier molecular flexibility index (Phi) is 7.95. The van der Waals surface area contributed by atoms with E-state index in [1.165, 1.54) is 44.6 Å². The molecule has 0 atom stereocenters. The summed E-state index contributed by atoms with van der Waals surface area (Å²) in [6, 6.07) is 3.09. The van der Waals surface area contributed by atoms with E-state index >= 15 is 0 Å². The molecule has 2 heteroatoms. The van der Waals surface area contributed by atoms with Crippen LogP contribution in [-0.4, -0.2) is 0 Å². The minimum absolute atomic E-state index is 0.00201. The highest BCUT2D eigenvalue weighted by Crippen LogP contribution is 2.18. The Morgan fingerprint density at radius 1 is 0.900 bits per heavy atom. The van der Waals surface area contributed by atoms with Crippen LogP contribution in [0.2, 0.25) is 0 Å². The lowest BCUT2D eigenvalue weighted by atomic mass is 10.0. The maximum atomic E-state index is 13.7. The van der Waals surface area contributed by atoms with Crippen molar-refractivity contribution in [1.29, 1.82) is 0 Å². The first-order valence-corrected chi connectivity index (χ1v) is 7.64. The van der Waals surface area contributed by atoms with Gasteiger partial charge in [-0.25, -0.2) is 8.78 Å². The molecule has 0 bridgehead atoms. The summed E-state index contributed by atoms with van der Waals surface area (Å²) in [5.74, 6) is 0.490. The van der Waals surface area contributed by atoms with E-state index in [2.05, 4.69) is 12.8 Å². The smallest absolute Gasteiger partial charge is 0.174 e. The highest BCUT2D eigenvalue weighted by atomic mass is 19.2. The Bertz CT molecular complexity index is 443. The number of halogens is 2. The molecule has 0 N–H and O–H groups in total. The zero-order chi connectivity index (χ0) is 14.8. The van der Waals surface area contributed by atoms with Gasteiger partial charge in [-0.2, -0.15) is 0 Å². The number of hydrogen-bond acceptors (Lipinski definition) is 0. The van der Waals surface area contributed by atoms with Gasteiger partial charge in [0.1, 0.15) is 0 Å². The average Bonchev–Trinajstić information content (AvgIpc) is 2.46. The standard InChI is InChI=1S/C18H24F2/c1-3-5-6-7-8-9-10-11-12-16-14-13-15(4-2)17(19)18(16)20/h2,13-14H,3,5-12H2,1H3. The van der Waals surface area contributed by atoms with E-state index in [4.69, 9.17) is 6.42 Å². The zero-order valence-corrected chi connectivity index (χ0v) is 12.4. The van der Waals surface area contributed by atoms with Crippen molar-refractivity contribution >= 4 is 0 Å². The fraction of sp³-hybridized carbons (Fsp3) is 0.556. The van der Waals surface area contributed by atoms with E-state index in [0.717, 1.165) is 12.8 Å². The molecule has 0 nitrogen and oxygen atoms in total. The van der Waals surface area contributed by atoms with E-state index in [1.807, 2.05) is 0 Å². The molecule has 0 fully saturated rings. The quantitative estimate of drug-likeness (QED) is 0.405. The summed E-state index contributed by atoms with van der Waals surface area (Å²) in [5.41, 5.74) is 0.439. The molecule has 1 rings (SSSR count). The van der Waals surface area contributed by atoms with Gasteiger partial charge in [0.25, 0.3) is 0 Å². The van der Waals surface area contributed by atoms with Gasteiger partial charge in [0.05, 0.1) is 5.56 Å². The summed E-state index contributed by atoms with van der Waals surface area (Å²) in [6.07, 6.45) is 15.3. The lowest BCUT2D eigenvalue weighted by molar-refractivity contribution is 0.492. The highest BCUT2D eigenvalue weighted by molar-refractivity contribution is 5.37. The second-order valence-electron chi connectivity index (χ2n) is 5.27. The number of terminal acetylenes is 1. The summed E-state index contributed by atoms with van der Waals surface area (Å²) in [6.45, 7) is 2.21. The van der Waals surface area contributed by atoms with Gasteiger partial charge < -0.3 is 0 Å². The Balaban J connectivity index is 2.26. The first-order chi connectivity index (χ1) is 9.70. The predicted molar refractivity (Wildman–Crippen MR) is 80.6 cm³/mol. The Labute approximate surface area is 121 Å². The van der Waals surface area contributed by atoms with Gasteiger partial charge in [-0.15, -0.1) is 6.42 Å². The predicted octanol–water partition coefficient (Wildman–Crippen LogP) is 5.63. The van der Waals surface area contributed by atoms with Crippen LogP contribution in [0.1, 0.15) is 69.4 Å². The van der Waals surface area contributed by atoms with Crippen molar-refractivity contribution in [1.82, 2.24) is 0 Å². The molecule has 0 aliphatic rings. The van der Waals surface area contributed by atoms with Gasteiger partial charge in [-0.05, 0) is 24.5 Å². The van der Waals surface area contributed by atoms with E-state index < -0.39 is 11.6 Å². The molecular weight excluding hydrogens is 254 g/mol. The Morgan fingerprint density at radius 3 is 2.10 bits per heavy atom. The van der Waals surface area contributed by atoms with Crippen molar-refractivity contribution in [2.75, 3.05) is 0 Å². The van der Waals surface area contributed by atoms with Crippen LogP contribution in [0.15, 0.2) is 12.1 Å². The van der Waals surface area contributed by atoms with Gasteiger partial charge in [-0.1, -0.05) is 63.9 Å². The minimum Gasteiger partial charge on any atom is -0.203 e. The van der Waals surface area contributed by atoms with Crippen LogP contribution in [-0.2, 0) is 6.42 Å². The van der Waals surface area contributed by atoms with Crippen LogP contribution >= 0.6 is 0 Å². The molecule has 0 heterocycles. The highest BCUT2D eigenvalue weighted by Gasteiger charge is 2.11. The second kappa shape index (κ2) is 9.53. The molecule has 0 spiro atoms. The van der Waals surface area contributed by atoms with E-state index in [0.29, 0.717) is 12.0 Å². The Morgan fingerprint density at radius 2 is 1.50 bits per heavy atom. The number of aryl methyl sites for hydroxylation is 1. The maximum Gasteiger partial charge on any atom is 0.174 e. The van der Waals surface area contributed by atoms with Crippen molar-refractivity contribution < 1.29 is 8.78 Å². The number of rotatable bonds is 9. The topological polar surface area (TPSA) is 0 Å². The summed E-state index contributed by atoms with van der Waals surface area (Å²) in [5, 5.41) is 0. The number of benzene rings is 1. The van der Waals surface area contributed by atoms with Crippen LogP contribution in [0.5, 0.6) is 0 Å². The van der Waals surface area contributed by atoms with Crippen molar-refractivity contribution in [3.8, 4) is 12.3 Å². The first-order valence-electron chi connectivity index (χ1n) is 7.64. The molecule has 0 aliphatic heterocycles. The summed E-state index contributed by atoms with van der Waals surface area (Å²) >= 11 is 0. The molecule has 0 amide bonds. The molecule has 0 aromatic heterocycles. The molecular formula is C18H24F2. The Hall–Kier alpha value is -1.36. The first kappa shape index (κ1) is 16.7. The normalized spacial score (nSPS) is 10.5. The SMILES string of the molecule is C#Cc1ccc(CCCCCCCCCC)c(F)c1F. The second-order valence-corrected chi connectivity index (χ2v) is 5.27. The summed E-state index contributed by atoms with van der Waals surface area (Å²) in [4.78, 5) is 0. The summed E-state index contributed by atoms with van der Waals surface area (Å²) in [7, 11) is 0. The molecule has 1 aromatic carbocycles. The fourth-order valence-electron chi connectivity index (χ4n) is 2.34. The average molecular weight is 278 g/mol. The molecule has 20 heavy (non-hydrogen) atoms. The van der Waals surface area contributed by atoms with Crippen molar-refractivity contribution in [3.05, 3.63) is 34.9 Å². The monoisotopic (exact) mass is 278 g/mol. The van der Waals surface area contributed by atoms with E-state index in [-0.39, 0.29) is 5.56 Å². The zero-order valence-electron chi connectivity index (χ0n) is 12.4. The van der Waals surface area contributed by atoms with E-state index in [1.54, 1.807) is 6.07 Å². The van der Waals surface area contributed by atoms with E-state index in [9.17, 15) is 8.78 Å². The van der Waals surface area contributed by atoms with Gasteiger partial charge in [0, 0.05) is 0 Å². The van der Waals surface area contributed by atoms with Gasteiger partial charge >= 0.3 is 0 Å². The van der Waals surface area contributed by atoms with Crippen LogP contribution in [0.25, 0.3) is 0 Å². The third kappa shape index (κ3) is 5.33. The lowest BCUT2D eigenvalue weighted by Crippen LogP contribution is -1.97. The van der Waals surface area contributed by atoms with Crippen LogP contribution in [0, 0.1) is 24.0 Å². The lowest BCUT2D eigenvalue weighted by Gasteiger charge is -2.06. The molecule has 0 radical (unpaired) electrons. The largest absolute Gasteiger partial charge is 0.203 e. The third-order valence-corrected chi connectivity index (χ3v) is 3.62. The van der Waals surface area contributed by atoms with Gasteiger partial charge in [-0.3, -0.25) is 0 Å². The minimum atomic E-state index is -0.885. The fourth-order valence-corrected chi connectivity index (χ4v) is 2.34. The molecule has 0 saturated carbocycles. The van der Waals surface area contributed by atoms with Crippen LogP contribution in [0.4, 0.5) is 8.78 Å². The number of unbranched alkanes of at least 4 members (excludes halogenated alkanes) is 7. The van der Waals surface area contributed by atoms with Crippen LogP contribution < -0.4 is 0 Å². The molecule has 110 valence electrons. The maximum absolute atomic E-state index is 13.7. The number of hydrogen-bond donors (Lipinski definition) is 0. The van der Waals surface area contributed by atoms with Crippen LogP contribution in [0.3, 0.4) is 0 Å². The third-order valence-electron chi connectivity index (χ3n) is 3.62.